The summed E-state index contributed by atoms with van der Waals surface area (Å²) in [6.45, 7) is 3.43. The molecule has 1 N–H and O–H groups in total. The van der Waals surface area contributed by atoms with Crippen molar-refractivity contribution in [3.05, 3.63) is 52.8 Å². The lowest BCUT2D eigenvalue weighted by Crippen LogP contribution is -2.24. The zero-order valence-corrected chi connectivity index (χ0v) is 12.4. The highest BCUT2D eigenvalue weighted by molar-refractivity contribution is 5.95. The van der Waals surface area contributed by atoms with Gasteiger partial charge in [0.15, 0.2) is 0 Å². The summed E-state index contributed by atoms with van der Waals surface area (Å²) in [5, 5.41) is 10.3. The molecule has 1 aromatic heterocycles. The molecule has 8 heteroatoms. The summed E-state index contributed by atoms with van der Waals surface area (Å²) < 4.78 is 40.4. The lowest BCUT2D eigenvalue weighted by atomic mass is 10.1. The van der Waals surface area contributed by atoms with Crippen molar-refractivity contribution in [2.45, 2.75) is 26.8 Å². The van der Waals surface area contributed by atoms with Gasteiger partial charge in [-0.1, -0.05) is 12.1 Å². The van der Waals surface area contributed by atoms with Crippen molar-refractivity contribution < 1.29 is 22.7 Å². The first-order chi connectivity index (χ1) is 10.7. The first-order valence-electron chi connectivity index (χ1n) is 6.68. The molecular weight excluding hydrogens is 311 g/mol. The van der Waals surface area contributed by atoms with Crippen LogP contribution in [0.2, 0.25) is 0 Å². The van der Waals surface area contributed by atoms with Crippen LogP contribution in [-0.2, 0) is 6.54 Å². The maximum Gasteiger partial charge on any atom is 0.573 e. The number of nitrogens with one attached hydrogen (secondary N) is 1. The van der Waals surface area contributed by atoms with Gasteiger partial charge in [0.05, 0.1) is 17.0 Å². The number of alkyl halides is 3. The first kappa shape index (κ1) is 16.7. The van der Waals surface area contributed by atoms with Crippen molar-refractivity contribution in [2.75, 3.05) is 0 Å². The molecule has 0 aliphatic heterocycles. The molecule has 0 spiro atoms. The minimum absolute atomic E-state index is 0.0642. The van der Waals surface area contributed by atoms with Crippen molar-refractivity contribution >= 4 is 5.91 Å². The van der Waals surface area contributed by atoms with Gasteiger partial charge in [-0.15, -0.1) is 13.2 Å². The zero-order valence-electron chi connectivity index (χ0n) is 12.4. The average Bonchev–Trinajstić information content (AvgIpc) is 2.46. The molecule has 1 heterocycles. The second-order valence-corrected chi connectivity index (χ2v) is 4.86. The van der Waals surface area contributed by atoms with E-state index in [1.165, 1.54) is 18.2 Å². The van der Waals surface area contributed by atoms with E-state index < -0.39 is 6.36 Å². The molecule has 0 fully saturated rings. The number of carbonyl (C=O) groups is 1. The fourth-order valence-corrected chi connectivity index (χ4v) is 1.91. The molecule has 2 rings (SSSR count). The van der Waals surface area contributed by atoms with Gasteiger partial charge in [0.25, 0.3) is 5.91 Å². The summed E-state index contributed by atoms with van der Waals surface area (Å²) in [6, 6.07) is 7.02. The lowest BCUT2D eigenvalue weighted by Gasteiger charge is -2.11. The number of hydrogen-bond donors (Lipinski definition) is 1. The Morgan fingerprint density at radius 3 is 2.65 bits per heavy atom. The number of rotatable bonds is 4. The quantitative estimate of drug-likeness (QED) is 0.939. The van der Waals surface area contributed by atoms with Crippen LogP contribution in [0.4, 0.5) is 13.2 Å². The van der Waals surface area contributed by atoms with Crippen LogP contribution in [0.5, 0.6) is 5.75 Å². The Hall–Kier alpha value is -2.64. The van der Waals surface area contributed by atoms with E-state index >= 15 is 0 Å². The molecule has 0 radical (unpaired) electrons. The summed E-state index contributed by atoms with van der Waals surface area (Å²) >= 11 is 0. The topological polar surface area (TPSA) is 64.1 Å². The number of ether oxygens (including phenoxy) is 1. The molecule has 1 aromatic carbocycles. The SMILES string of the molecule is Cc1cc(C(=O)NCc2cccc(OC(F)(F)F)c2)c(C)nn1. The standard InChI is InChI=1S/C15H14F3N3O2/c1-9-6-13(10(2)21-20-9)14(22)19-8-11-4-3-5-12(7-11)23-15(16,17)18/h3-7H,8H2,1-2H3,(H,19,22). The van der Waals surface area contributed by atoms with Gasteiger partial charge >= 0.3 is 6.36 Å². The number of benzene rings is 1. The minimum Gasteiger partial charge on any atom is -0.406 e. The molecule has 0 unspecified atom stereocenters. The van der Waals surface area contributed by atoms with Crippen molar-refractivity contribution in [2.24, 2.45) is 0 Å². The fourth-order valence-electron chi connectivity index (χ4n) is 1.91. The van der Waals surface area contributed by atoms with Crippen LogP contribution < -0.4 is 10.1 Å². The Kier molecular flexibility index (Phi) is 4.83. The number of hydrogen-bond acceptors (Lipinski definition) is 4. The van der Waals surface area contributed by atoms with Crippen LogP contribution >= 0.6 is 0 Å². The van der Waals surface area contributed by atoms with Crippen molar-refractivity contribution in [1.82, 2.24) is 15.5 Å². The molecule has 0 saturated carbocycles. The highest BCUT2D eigenvalue weighted by Gasteiger charge is 2.31. The average molecular weight is 325 g/mol. The van der Waals surface area contributed by atoms with E-state index in [-0.39, 0.29) is 18.2 Å². The number of nitrogens with zero attached hydrogens (tertiary/aromatic N) is 2. The van der Waals surface area contributed by atoms with Crippen LogP contribution in [-0.4, -0.2) is 22.5 Å². The normalized spacial score (nSPS) is 11.2. The molecule has 23 heavy (non-hydrogen) atoms. The Labute approximate surface area is 130 Å². The molecule has 0 bridgehead atoms. The van der Waals surface area contributed by atoms with Gasteiger partial charge in [-0.05, 0) is 37.6 Å². The molecule has 2 aromatic rings. The summed E-state index contributed by atoms with van der Waals surface area (Å²) in [4.78, 5) is 12.1. The van der Waals surface area contributed by atoms with Crippen molar-refractivity contribution in [1.29, 1.82) is 0 Å². The third-order valence-electron chi connectivity index (χ3n) is 2.93. The number of carbonyl (C=O) groups excluding carboxylic acids is 1. The highest BCUT2D eigenvalue weighted by atomic mass is 19.4. The third kappa shape index (κ3) is 4.94. The van der Waals surface area contributed by atoms with E-state index in [1.807, 2.05) is 0 Å². The zero-order chi connectivity index (χ0) is 17.0. The summed E-state index contributed by atoms with van der Waals surface area (Å²) in [7, 11) is 0. The van der Waals surface area contributed by atoms with Crippen LogP contribution in [0.25, 0.3) is 0 Å². The maximum absolute atomic E-state index is 12.2. The predicted octanol–water partition coefficient (Wildman–Crippen LogP) is 2.92. The van der Waals surface area contributed by atoms with E-state index in [0.717, 1.165) is 0 Å². The lowest BCUT2D eigenvalue weighted by molar-refractivity contribution is -0.274. The Balaban J connectivity index is 2.04. The van der Waals surface area contributed by atoms with E-state index in [9.17, 15) is 18.0 Å². The van der Waals surface area contributed by atoms with Gasteiger partial charge in [-0.2, -0.15) is 10.2 Å². The van der Waals surface area contributed by atoms with E-state index in [4.69, 9.17) is 0 Å². The molecule has 122 valence electrons. The largest absolute Gasteiger partial charge is 0.573 e. The molecule has 0 aliphatic carbocycles. The smallest absolute Gasteiger partial charge is 0.406 e. The summed E-state index contributed by atoms with van der Waals surface area (Å²) in [6.07, 6.45) is -4.75. The summed E-state index contributed by atoms with van der Waals surface area (Å²) in [5.74, 6) is -0.704. The molecule has 5 nitrogen and oxygen atoms in total. The predicted molar refractivity (Wildman–Crippen MR) is 75.8 cm³/mol. The van der Waals surface area contributed by atoms with Gasteiger partial charge in [0.2, 0.25) is 0 Å². The van der Waals surface area contributed by atoms with Gasteiger partial charge in [-0.25, -0.2) is 0 Å². The molecule has 1 amide bonds. The second-order valence-electron chi connectivity index (χ2n) is 4.86. The van der Waals surface area contributed by atoms with E-state index in [2.05, 4.69) is 20.3 Å². The van der Waals surface area contributed by atoms with Crippen LogP contribution in [0.3, 0.4) is 0 Å². The first-order valence-corrected chi connectivity index (χ1v) is 6.68. The highest BCUT2D eigenvalue weighted by Crippen LogP contribution is 2.23. The Morgan fingerprint density at radius 1 is 1.22 bits per heavy atom. The molecule has 0 atom stereocenters. The number of halogens is 3. The maximum atomic E-state index is 12.2. The monoisotopic (exact) mass is 325 g/mol. The van der Waals surface area contributed by atoms with Crippen molar-refractivity contribution in [3.8, 4) is 5.75 Å². The van der Waals surface area contributed by atoms with Crippen LogP contribution in [0.1, 0.15) is 27.3 Å². The fraction of sp³-hybridized carbons (Fsp3) is 0.267. The number of amides is 1. The number of aromatic nitrogens is 2. The van der Waals surface area contributed by atoms with Crippen LogP contribution in [0.15, 0.2) is 30.3 Å². The minimum atomic E-state index is -4.75. The van der Waals surface area contributed by atoms with Gasteiger partial charge in [0.1, 0.15) is 5.75 Å². The van der Waals surface area contributed by atoms with E-state index in [1.54, 1.807) is 26.0 Å². The Morgan fingerprint density at radius 2 is 1.96 bits per heavy atom. The van der Waals surface area contributed by atoms with Gasteiger partial charge in [-0.3, -0.25) is 4.79 Å². The summed E-state index contributed by atoms with van der Waals surface area (Å²) in [5.41, 5.74) is 1.93. The van der Waals surface area contributed by atoms with Crippen molar-refractivity contribution in [3.63, 3.8) is 0 Å². The Bertz CT molecular complexity index is 717. The molecule has 0 saturated heterocycles. The van der Waals surface area contributed by atoms with Gasteiger partial charge in [0, 0.05) is 6.54 Å². The third-order valence-corrected chi connectivity index (χ3v) is 2.93. The van der Waals surface area contributed by atoms with Crippen LogP contribution in [0, 0.1) is 13.8 Å². The van der Waals surface area contributed by atoms with E-state index in [0.29, 0.717) is 22.5 Å². The second kappa shape index (κ2) is 6.64. The molecule has 0 aliphatic rings. The molecular formula is C15H14F3N3O2. The van der Waals surface area contributed by atoms with Gasteiger partial charge < -0.3 is 10.1 Å². The number of aryl methyl sites for hydroxylation is 2.